The van der Waals surface area contributed by atoms with E-state index in [4.69, 9.17) is 9.97 Å². The van der Waals surface area contributed by atoms with Gasteiger partial charge in [-0.05, 0) is 119 Å². The monoisotopic (exact) mass is 930 g/mol. The number of aromatic nitrogens is 4. The van der Waals surface area contributed by atoms with Gasteiger partial charge in [-0.1, -0.05) is 48.5 Å². The number of aromatic amines is 2. The molecule has 2 N–H and O–H groups in total. The van der Waals surface area contributed by atoms with Gasteiger partial charge in [0.1, 0.15) is 40.5 Å². The Morgan fingerprint density at radius 1 is 0.328 bits per heavy atom. The number of fused-ring (bicyclic) bond motifs is 8. The lowest BCUT2D eigenvalue weighted by Crippen LogP contribution is -1.99. The fourth-order valence-electron chi connectivity index (χ4n) is 7.65. The van der Waals surface area contributed by atoms with Gasteiger partial charge < -0.3 is 28.2 Å². The molecule has 4 aromatic carbocycles. The predicted octanol–water partition coefficient (Wildman–Crippen LogP) is 6.94. The highest BCUT2D eigenvalue weighted by molar-refractivity contribution is 7.86. The first-order chi connectivity index (χ1) is 30.2. The smallest absolute Gasteiger partial charge is 0.124 e. The summed E-state index contributed by atoms with van der Waals surface area (Å²) in [6.07, 6.45) is 6.40. The number of hydrogen-bond acceptors (Lipinski definition) is 14. The fourth-order valence-corrected chi connectivity index (χ4v) is 9.71. The molecule has 20 heteroatoms. The van der Waals surface area contributed by atoms with Crippen LogP contribution >= 0.6 is 0 Å². The molecule has 0 spiro atoms. The van der Waals surface area contributed by atoms with Gasteiger partial charge in [0.25, 0.3) is 0 Å². The second-order valence-electron chi connectivity index (χ2n) is 14.4. The lowest BCUT2D eigenvalue weighted by atomic mass is 10.0. The third kappa shape index (κ3) is 8.11. The zero-order valence-corrected chi connectivity index (χ0v) is 35.5. The molecule has 16 nitrogen and oxygen atoms in total. The van der Waals surface area contributed by atoms with Crippen LogP contribution < -0.4 is 0 Å². The Morgan fingerprint density at radius 3 is 0.750 bits per heavy atom. The van der Waals surface area contributed by atoms with Gasteiger partial charge in [0.05, 0.1) is 42.4 Å². The van der Waals surface area contributed by atoms with E-state index < -0.39 is 60.1 Å². The van der Waals surface area contributed by atoms with E-state index in [0.29, 0.717) is 22.1 Å². The third-order valence-electron chi connectivity index (χ3n) is 10.4. The topological polar surface area (TPSA) is 286 Å². The predicted molar refractivity (Wildman–Crippen MR) is 232 cm³/mol. The van der Waals surface area contributed by atoms with E-state index in [-0.39, 0.29) is 67.3 Å². The molecule has 0 saturated heterocycles. The van der Waals surface area contributed by atoms with Crippen LogP contribution in [-0.4, -0.2) is 71.8 Å². The van der Waals surface area contributed by atoms with Crippen molar-refractivity contribution in [2.75, 3.05) is 0 Å². The summed E-state index contributed by atoms with van der Waals surface area (Å²) in [4.78, 5) is 14.4. The Balaban J connectivity index is 1.50. The van der Waals surface area contributed by atoms with Gasteiger partial charge in [-0.15, -0.1) is 0 Å². The van der Waals surface area contributed by atoms with E-state index in [1.165, 1.54) is 48.5 Å². The van der Waals surface area contributed by atoms with Crippen LogP contribution in [0.1, 0.15) is 22.8 Å². The van der Waals surface area contributed by atoms with E-state index in [1.54, 1.807) is 72.8 Å². The molecule has 0 saturated carbocycles. The van der Waals surface area contributed by atoms with E-state index >= 15 is 0 Å². The Morgan fingerprint density at radius 2 is 0.547 bits per heavy atom. The number of hydrogen-bond donors (Lipinski definition) is 2. The summed E-state index contributed by atoms with van der Waals surface area (Å²) in [5.41, 5.74) is 4.24. The minimum absolute atomic E-state index is 0.227. The summed E-state index contributed by atoms with van der Waals surface area (Å²) in [6.45, 7) is 0. The normalized spacial score (nSPS) is 13.1. The van der Waals surface area contributed by atoms with Gasteiger partial charge in [0.15, 0.2) is 0 Å². The van der Waals surface area contributed by atoms with Gasteiger partial charge in [-0.3, -0.25) is 0 Å². The molecule has 64 heavy (non-hydrogen) atoms. The Hall–Kier alpha value is -6.88. The van der Waals surface area contributed by atoms with E-state index in [9.17, 15) is 51.9 Å². The molecule has 0 atom stereocenters. The molecule has 3 aromatic heterocycles. The van der Waals surface area contributed by atoms with Crippen LogP contribution in [0.4, 0.5) is 0 Å². The average molecular weight is 931 g/mol. The van der Waals surface area contributed by atoms with Gasteiger partial charge in [0, 0.05) is 44.3 Å². The second kappa shape index (κ2) is 15.4. The lowest BCUT2D eigenvalue weighted by Gasteiger charge is -2.11. The molecular weight excluding hydrogens is 905 g/mol. The van der Waals surface area contributed by atoms with Crippen LogP contribution in [0.3, 0.4) is 0 Å². The van der Waals surface area contributed by atoms with Crippen molar-refractivity contribution in [3.8, 4) is 44.5 Å². The molecular formula is C44H26N4O12S4-4. The minimum atomic E-state index is -4.95. The van der Waals surface area contributed by atoms with E-state index in [0.717, 1.165) is 24.3 Å². The molecule has 0 unspecified atom stereocenters. The number of nitrogens with one attached hydrogen (secondary N) is 2. The summed E-state index contributed by atoms with van der Waals surface area (Å²) >= 11 is 0. The highest BCUT2D eigenvalue weighted by Gasteiger charge is 2.21. The first kappa shape index (κ1) is 42.4. The summed E-state index contributed by atoms with van der Waals surface area (Å²) in [6, 6.07) is 27.5. The summed E-state index contributed by atoms with van der Waals surface area (Å²) < 4.78 is 147. The van der Waals surface area contributed by atoms with Crippen molar-refractivity contribution in [1.82, 2.24) is 19.9 Å². The lowest BCUT2D eigenvalue weighted by molar-refractivity contribution is 0.461. The SMILES string of the molecule is O=S(=O)([O-])c1cccc(-c2c3nc(c(-c4cccc(S(=O)(=O)[O-])c4)c4ccc([nH]4)c(-c4cccc(S(=O)(=O)[O-])c4)c4nc(c(-c5cccc(S(=O)(=O)[O-])c5)c5ccc2[nH]5)C=C4)C=C3)c1. The molecule has 9 rings (SSSR count). The van der Waals surface area contributed by atoms with Gasteiger partial charge in [-0.2, -0.15) is 0 Å². The summed E-state index contributed by atoms with van der Waals surface area (Å²) in [5.74, 6) is 0. The van der Waals surface area contributed by atoms with Crippen molar-refractivity contribution in [1.29, 1.82) is 0 Å². The molecule has 0 aliphatic carbocycles. The average Bonchev–Trinajstić information content (AvgIpc) is 4.08. The number of benzene rings is 4. The van der Waals surface area contributed by atoms with E-state index in [2.05, 4.69) is 9.97 Å². The first-order valence-corrected chi connectivity index (χ1v) is 24.3. The van der Waals surface area contributed by atoms with Gasteiger partial charge >= 0.3 is 0 Å². The van der Waals surface area contributed by atoms with Crippen LogP contribution in [0.15, 0.2) is 141 Å². The molecule has 0 radical (unpaired) electrons. The zero-order valence-electron chi connectivity index (χ0n) is 32.3. The quantitative estimate of drug-likeness (QED) is 0.146. The highest BCUT2D eigenvalue weighted by Crippen LogP contribution is 2.39. The van der Waals surface area contributed by atoms with Crippen molar-refractivity contribution >= 4 is 86.8 Å². The molecule has 2 aliphatic heterocycles. The Labute approximate surface area is 365 Å². The largest absolute Gasteiger partial charge is 0.744 e. The van der Waals surface area contributed by atoms with E-state index in [1.807, 2.05) is 0 Å². The zero-order chi connectivity index (χ0) is 45.3. The Kier molecular flexibility index (Phi) is 10.2. The fraction of sp³-hybridized carbons (Fsp3) is 0. The second-order valence-corrected chi connectivity index (χ2v) is 19.9. The molecule has 0 fully saturated rings. The van der Waals surface area contributed by atoms with Crippen LogP contribution in [0.5, 0.6) is 0 Å². The number of rotatable bonds is 8. The number of nitrogens with zero attached hydrogens (tertiary/aromatic N) is 2. The van der Waals surface area contributed by atoms with Gasteiger partial charge in [0.2, 0.25) is 0 Å². The molecule has 322 valence electrons. The maximum atomic E-state index is 12.3. The van der Waals surface area contributed by atoms with Crippen molar-refractivity contribution in [3.05, 3.63) is 144 Å². The molecule has 8 bridgehead atoms. The summed E-state index contributed by atoms with van der Waals surface area (Å²) in [7, 11) is -19.8. The summed E-state index contributed by atoms with van der Waals surface area (Å²) in [5, 5.41) is 0. The number of H-pyrrole nitrogens is 2. The highest BCUT2D eigenvalue weighted by atomic mass is 32.2. The standard InChI is InChI=1S/C44H30N4O12S4/c49-61(50,51)29-9-1-5-25(21-29)41-33-13-15-35(45-33)42(26-6-2-10-30(22-26)62(52,53)54)37-17-19-39(47-37)44(28-8-4-12-32(24-28)64(58,59)60)40-20-18-38(48-40)43(36-16-14-34(41)46-36)27-7-3-11-31(23-27)63(55,56)57/h1-24,45,48H,(H,49,50,51)(H,52,53,54)(H,55,56,57)(H,58,59,60)/p-4. The third-order valence-corrected chi connectivity index (χ3v) is 13.7. The van der Waals surface area contributed by atoms with Gasteiger partial charge in [-0.25, -0.2) is 43.6 Å². The molecule has 2 aliphatic rings. The van der Waals surface area contributed by atoms with Crippen LogP contribution in [0.2, 0.25) is 0 Å². The molecule has 7 aromatic rings. The van der Waals surface area contributed by atoms with Crippen LogP contribution in [0, 0.1) is 0 Å². The first-order valence-electron chi connectivity index (χ1n) is 18.6. The van der Waals surface area contributed by atoms with Crippen LogP contribution in [-0.2, 0) is 40.5 Å². The molecule has 0 amide bonds. The minimum Gasteiger partial charge on any atom is -0.744 e. The van der Waals surface area contributed by atoms with Crippen molar-refractivity contribution < 1.29 is 51.9 Å². The van der Waals surface area contributed by atoms with Crippen LogP contribution in [0.25, 0.3) is 90.9 Å². The van der Waals surface area contributed by atoms with Crippen molar-refractivity contribution in [3.63, 3.8) is 0 Å². The van der Waals surface area contributed by atoms with Crippen molar-refractivity contribution in [2.45, 2.75) is 19.6 Å². The molecule has 5 heterocycles. The van der Waals surface area contributed by atoms with Crippen molar-refractivity contribution in [2.24, 2.45) is 0 Å². The maximum Gasteiger partial charge on any atom is 0.124 e. The maximum absolute atomic E-state index is 12.3. The Bertz CT molecular complexity index is 3360.